The lowest BCUT2D eigenvalue weighted by molar-refractivity contribution is -0.219. The van der Waals surface area contributed by atoms with Gasteiger partial charge >= 0.3 is 6.18 Å². The zero-order valence-corrected chi connectivity index (χ0v) is 23.9. The molecule has 1 saturated heterocycles. The lowest BCUT2D eigenvalue weighted by Gasteiger charge is -2.26. The fourth-order valence-corrected chi connectivity index (χ4v) is 5.30. The van der Waals surface area contributed by atoms with Crippen LogP contribution in [0.5, 0.6) is 5.88 Å². The lowest BCUT2D eigenvalue weighted by atomic mass is 9.94. The Morgan fingerprint density at radius 2 is 1.93 bits per heavy atom. The Labute approximate surface area is 231 Å². The number of aromatic nitrogens is 3. The highest BCUT2D eigenvalue weighted by Crippen LogP contribution is 2.37. The van der Waals surface area contributed by atoms with Crippen LogP contribution in [-0.4, -0.2) is 67.2 Å². The number of amides is 1. The molecule has 3 N–H and O–H groups in total. The molecule has 0 saturated carbocycles. The maximum absolute atomic E-state index is 13.3. The van der Waals surface area contributed by atoms with E-state index in [1.165, 1.54) is 43.0 Å². The van der Waals surface area contributed by atoms with E-state index in [0.717, 1.165) is 26.5 Å². The Morgan fingerprint density at radius 3 is 2.48 bits per heavy atom. The van der Waals surface area contributed by atoms with E-state index in [1.807, 2.05) is 23.5 Å². The van der Waals surface area contributed by atoms with E-state index in [-0.39, 0.29) is 40.8 Å². The third-order valence-corrected chi connectivity index (χ3v) is 7.93. The van der Waals surface area contributed by atoms with Gasteiger partial charge in [-0.15, -0.1) is 5.10 Å². The molecule has 0 radical (unpaired) electrons. The molecule has 2 atom stereocenters. The van der Waals surface area contributed by atoms with E-state index >= 15 is 0 Å². The van der Waals surface area contributed by atoms with Crippen LogP contribution < -0.4 is 19.7 Å². The van der Waals surface area contributed by atoms with Gasteiger partial charge in [0.1, 0.15) is 17.3 Å². The number of nitrogens with zero attached hydrogens (tertiary/aromatic N) is 4. The van der Waals surface area contributed by atoms with Gasteiger partial charge < -0.3 is 20.4 Å². The summed E-state index contributed by atoms with van der Waals surface area (Å²) in [6, 6.07) is 4.24. The summed E-state index contributed by atoms with van der Waals surface area (Å²) in [5.74, 6) is -0.209. The SMILES string of the molecule is CN/C=C(\C(C)=N)S(=O)(=O)NC(=O)c1ccc(-n2ccc(OCC(C)(C)C(F)(F)F)n2)nc1N1C[C@@H](C)CC1C. The number of carbonyl (C=O) groups is 1. The Hall–Kier alpha value is -3.62. The summed E-state index contributed by atoms with van der Waals surface area (Å²) in [6.45, 7) is 7.28. The molecular weight excluding hydrogens is 551 g/mol. The highest BCUT2D eigenvalue weighted by Gasteiger charge is 2.48. The van der Waals surface area contributed by atoms with E-state index in [1.54, 1.807) is 0 Å². The quantitative estimate of drug-likeness (QED) is 0.359. The number of hydrogen-bond donors (Lipinski definition) is 3. The predicted molar refractivity (Wildman–Crippen MR) is 144 cm³/mol. The number of carbonyl (C=O) groups excluding carboxylic acids is 1. The van der Waals surface area contributed by atoms with E-state index in [4.69, 9.17) is 10.1 Å². The Bertz CT molecular complexity index is 1400. The highest BCUT2D eigenvalue weighted by molar-refractivity contribution is 7.94. The molecule has 220 valence electrons. The van der Waals surface area contributed by atoms with Crippen molar-refractivity contribution >= 4 is 27.5 Å². The first-order valence-corrected chi connectivity index (χ1v) is 14.0. The lowest BCUT2D eigenvalue weighted by Crippen LogP contribution is -2.37. The second-order valence-electron chi connectivity index (χ2n) is 10.5. The van der Waals surface area contributed by atoms with Crippen LogP contribution in [0.1, 0.15) is 51.4 Å². The average Bonchev–Trinajstić information content (AvgIpc) is 3.45. The van der Waals surface area contributed by atoms with E-state index in [2.05, 4.69) is 15.4 Å². The number of anilines is 1. The molecule has 1 fully saturated rings. The van der Waals surface area contributed by atoms with Crippen molar-refractivity contribution in [3.05, 3.63) is 41.1 Å². The monoisotopic (exact) mass is 585 g/mol. The van der Waals surface area contributed by atoms with Gasteiger partial charge in [0.2, 0.25) is 5.88 Å². The maximum atomic E-state index is 13.3. The standard InChI is InChI=1S/C25H34F3N7O4S/c1-15-11-16(2)34(13-15)22-18(23(36)33-40(37,38)19(12-30-6)17(3)29)7-8-20(31-22)35-10-9-21(32-35)39-14-24(4,5)25(26,27)28/h7-10,12,15-16,29-30H,11,13-14H2,1-6H3,(H,33,36)/b19-12+,29-17?/t15-,16?/m0/s1. The summed E-state index contributed by atoms with van der Waals surface area (Å²) in [7, 11) is -2.90. The van der Waals surface area contributed by atoms with E-state index < -0.39 is 39.0 Å². The molecule has 15 heteroatoms. The van der Waals surface area contributed by atoms with Crippen molar-refractivity contribution in [3.63, 3.8) is 0 Å². The minimum atomic E-state index is -4.46. The summed E-state index contributed by atoms with van der Waals surface area (Å²) in [5.41, 5.74) is -2.35. The molecule has 1 unspecified atom stereocenters. The topological polar surface area (TPSA) is 142 Å². The molecule has 1 aliphatic heterocycles. The number of rotatable bonds is 10. The summed E-state index contributed by atoms with van der Waals surface area (Å²) >= 11 is 0. The minimum absolute atomic E-state index is 0.00438. The van der Waals surface area contributed by atoms with E-state index in [0.29, 0.717) is 6.54 Å². The Balaban J connectivity index is 1.96. The highest BCUT2D eigenvalue weighted by atomic mass is 32.2. The molecule has 0 aliphatic carbocycles. The molecule has 3 heterocycles. The van der Waals surface area contributed by atoms with Gasteiger partial charge in [-0.2, -0.15) is 13.2 Å². The molecule has 3 rings (SSSR count). The van der Waals surface area contributed by atoms with Crippen molar-refractivity contribution in [1.82, 2.24) is 24.8 Å². The van der Waals surface area contributed by atoms with Crippen LogP contribution in [0.15, 0.2) is 35.5 Å². The Kier molecular flexibility index (Phi) is 8.87. The number of halogens is 3. The molecular formula is C25H34F3N7O4S. The van der Waals surface area contributed by atoms with Crippen molar-refractivity contribution in [3.8, 4) is 11.7 Å². The van der Waals surface area contributed by atoms with E-state index in [9.17, 15) is 26.4 Å². The van der Waals surface area contributed by atoms with Gasteiger partial charge in [-0.3, -0.25) is 4.79 Å². The molecule has 1 amide bonds. The van der Waals surface area contributed by atoms with Crippen LogP contribution in [0.25, 0.3) is 5.82 Å². The van der Waals surface area contributed by atoms with Crippen LogP contribution in [-0.2, 0) is 10.0 Å². The van der Waals surface area contributed by atoms with Gasteiger partial charge in [-0.05, 0) is 52.2 Å². The molecule has 2 aromatic rings. The number of pyridine rings is 1. The second-order valence-corrected chi connectivity index (χ2v) is 12.2. The van der Waals surface area contributed by atoms with Crippen molar-refractivity contribution in [2.75, 3.05) is 25.1 Å². The van der Waals surface area contributed by atoms with Crippen LogP contribution in [0, 0.1) is 16.7 Å². The normalized spacial score (nSPS) is 18.5. The average molecular weight is 586 g/mol. The molecule has 0 spiro atoms. The van der Waals surface area contributed by atoms with Crippen molar-refractivity contribution < 1.29 is 31.1 Å². The summed E-state index contributed by atoms with van der Waals surface area (Å²) in [6.07, 6.45) is -1.07. The first kappa shape index (κ1) is 30.9. The predicted octanol–water partition coefficient (Wildman–Crippen LogP) is 3.63. The Morgan fingerprint density at radius 1 is 1.25 bits per heavy atom. The zero-order valence-electron chi connectivity index (χ0n) is 23.1. The van der Waals surface area contributed by atoms with Crippen LogP contribution in [0.4, 0.5) is 19.0 Å². The molecule has 40 heavy (non-hydrogen) atoms. The molecule has 2 aromatic heterocycles. The summed E-state index contributed by atoms with van der Waals surface area (Å²) in [5, 5.41) is 14.5. The molecule has 0 aromatic carbocycles. The van der Waals surface area contributed by atoms with Gasteiger partial charge in [-0.25, -0.2) is 22.8 Å². The first-order valence-electron chi connectivity index (χ1n) is 12.5. The van der Waals surface area contributed by atoms with Crippen molar-refractivity contribution in [2.24, 2.45) is 11.3 Å². The zero-order chi connectivity index (χ0) is 30.0. The van der Waals surface area contributed by atoms with Crippen LogP contribution in [0.2, 0.25) is 0 Å². The number of allylic oxidation sites excluding steroid dienone is 1. The summed E-state index contributed by atoms with van der Waals surface area (Å²) in [4.78, 5) is 19.4. The third kappa shape index (κ3) is 6.74. The third-order valence-electron chi connectivity index (χ3n) is 6.47. The number of nitrogens with one attached hydrogen (secondary N) is 3. The number of hydrogen-bond acceptors (Lipinski definition) is 9. The van der Waals surface area contributed by atoms with Gasteiger partial charge in [0.15, 0.2) is 5.82 Å². The number of ether oxygens (including phenoxy) is 1. The minimum Gasteiger partial charge on any atom is -0.476 e. The second kappa shape index (κ2) is 11.5. The fraction of sp³-hybridized carbons (Fsp3) is 0.520. The maximum Gasteiger partial charge on any atom is 0.397 e. The number of sulfonamides is 1. The smallest absolute Gasteiger partial charge is 0.397 e. The fourth-order valence-electron chi connectivity index (χ4n) is 4.16. The molecule has 1 aliphatic rings. The van der Waals surface area contributed by atoms with Crippen molar-refractivity contribution in [1.29, 1.82) is 5.41 Å². The summed E-state index contributed by atoms with van der Waals surface area (Å²) < 4.78 is 73.9. The van der Waals surface area contributed by atoms with Gasteiger partial charge in [-0.1, -0.05) is 6.92 Å². The number of alkyl halides is 3. The molecule has 0 bridgehead atoms. The van der Waals surface area contributed by atoms with Gasteiger partial charge in [0.25, 0.3) is 15.9 Å². The van der Waals surface area contributed by atoms with Crippen LogP contribution in [0.3, 0.4) is 0 Å². The molecule has 11 nitrogen and oxygen atoms in total. The first-order chi connectivity index (χ1) is 18.5. The van der Waals surface area contributed by atoms with Gasteiger partial charge in [0, 0.05) is 38.1 Å². The largest absolute Gasteiger partial charge is 0.476 e. The van der Waals surface area contributed by atoms with Gasteiger partial charge in [0.05, 0.1) is 16.7 Å². The van der Waals surface area contributed by atoms with Crippen molar-refractivity contribution in [2.45, 2.75) is 53.3 Å². The van der Waals surface area contributed by atoms with Crippen LogP contribution >= 0.6 is 0 Å².